The molecule has 1 saturated carbocycles. The van der Waals surface area contributed by atoms with Gasteiger partial charge in [0, 0.05) is 6.04 Å². The van der Waals surface area contributed by atoms with Crippen molar-refractivity contribution in [3.63, 3.8) is 0 Å². The van der Waals surface area contributed by atoms with E-state index in [9.17, 15) is 4.79 Å². The van der Waals surface area contributed by atoms with Gasteiger partial charge in [0.05, 0.1) is 0 Å². The molecule has 2 aliphatic rings. The largest absolute Gasteiger partial charge is 0.361 e. The maximum Gasteiger partial charge on any atom is 0.264 e. The van der Waals surface area contributed by atoms with Gasteiger partial charge in [-0.05, 0) is 38.5 Å². The molecule has 1 fully saturated rings. The summed E-state index contributed by atoms with van der Waals surface area (Å²) >= 11 is 1.58. The van der Waals surface area contributed by atoms with E-state index < -0.39 is 0 Å². The molecule has 0 aromatic heterocycles. The first kappa shape index (κ1) is 13.7. The lowest BCUT2D eigenvalue weighted by molar-refractivity contribution is -0.119. The molecule has 1 N–H and O–H groups in total. The first-order valence-corrected chi connectivity index (χ1v) is 7.50. The van der Waals surface area contributed by atoms with Crippen molar-refractivity contribution >= 4 is 22.8 Å². The molecule has 4 heteroatoms. The van der Waals surface area contributed by atoms with Crippen molar-refractivity contribution < 1.29 is 4.79 Å². The summed E-state index contributed by atoms with van der Waals surface area (Å²) in [6.45, 7) is 10.4. The third-order valence-corrected chi connectivity index (χ3v) is 5.16. The Hall–Kier alpha value is -0.770. The topological polar surface area (TPSA) is 41.5 Å². The number of hydrogen-bond donors (Lipinski definition) is 1. The predicted molar refractivity (Wildman–Crippen MR) is 77.8 cm³/mol. The highest BCUT2D eigenvalue weighted by Gasteiger charge is 2.40. The highest BCUT2D eigenvalue weighted by molar-refractivity contribution is 8.16. The normalized spacial score (nSPS) is 36.7. The quantitative estimate of drug-likeness (QED) is 0.781. The smallest absolute Gasteiger partial charge is 0.264 e. The van der Waals surface area contributed by atoms with Crippen LogP contribution in [-0.2, 0) is 4.79 Å². The number of nitrogens with zero attached hydrogens (tertiary/aromatic N) is 1. The fourth-order valence-corrected chi connectivity index (χ4v) is 3.70. The van der Waals surface area contributed by atoms with Gasteiger partial charge >= 0.3 is 0 Å². The van der Waals surface area contributed by atoms with Gasteiger partial charge in [-0.2, -0.15) is 4.99 Å². The highest BCUT2D eigenvalue weighted by atomic mass is 32.2. The Labute approximate surface area is 114 Å². The van der Waals surface area contributed by atoms with Crippen LogP contribution < -0.4 is 5.32 Å². The third-order valence-electron chi connectivity index (χ3n) is 3.84. The predicted octanol–water partition coefficient (Wildman–Crippen LogP) is 3.12. The van der Waals surface area contributed by atoms with Gasteiger partial charge in [-0.1, -0.05) is 37.8 Å². The van der Waals surface area contributed by atoms with Crippen molar-refractivity contribution in [2.45, 2.75) is 57.2 Å². The van der Waals surface area contributed by atoms with Crippen molar-refractivity contribution in [2.75, 3.05) is 0 Å². The summed E-state index contributed by atoms with van der Waals surface area (Å²) in [7, 11) is 0. The Morgan fingerprint density at radius 1 is 1.56 bits per heavy atom. The number of carbonyl (C=O) groups is 1. The van der Waals surface area contributed by atoms with Crippen LogP contribution >= 0.6 is 11.8 Å². The molecule has 1 aliphatic heterocycles. The van der Waals surface area contributed by atoms with Gasteiger partial charge in [0.2, 0.25) is 0 Å². The number of aliphatic imine (C=N–C) groups is 1. The summed E-state index contributed by atoms with van der Waals surface area (Å²) in [4.78, 5) is 16.0. The SMILES string of the molecule is C=C1CC(C)CC(NC2=NC(=O)C(C)(CC)S2)C1. The van der Waals surface area contributed by atoms with E-state index in [-0.39, 0.29) is 10.7 Å². The van der Waals surface area contributed by atoms with Crippen LogP contribution in [0, 0.1) is 5.92 Å². The molecule has 1 aliphatic carbocycles. The molecule has 0 aromatic carbocycles. The van der Waals surface area contributed by atoms with E-state index in [1.807, 2.05) is 13.8 Å². The van der Waals surface area contributed by atoms with Crippen molar-refractivity contribution in [3.8, 4) is 0 Å². The Morgan fingerprint density at radius 2 is 2.28 bits per heavy atom. The number of hydrogen-bond acceptors (Lipinski definition) is 3. The van der Waals surface area contributed by atoms with Gasteiger partial charge in [0.1, 0.15) is 4.75 Å². The van der Waals surface area contributed by atoms with E-state index in [4.69, 9.17) is 0 Å². The second kappa shape index (κ2) is 5.08. The number of carbonyl (C=O) groups excluding carboxylic acids is 1. The molecule has 100 valence electrons. The molecule has 1 heterocycles. The molecule has 1 amide bonds. The van der Waals surface area contributed by atoms with Crippen molar-refractivity contribution in [3.05, 3.63) is 12.2 Å². The summed E-state index contributed by atoms with van der Waals surface area (Å²) < 4.78 is -0.361. The minimum Gasteiger partial charge on any atom is -0.361 e. The molecule has 3 nitrogen and oxygen atoms in total. The van der Waals surface area contributed by atoms with Crippen LogP contribution in [0.3, 0.4) is 0 Å². The van der Waals surface area contributed by atoms with Gasteiger partial charge in [-0.25, -0.2) is 0 Å². The molecule has 0 aromatic rings. The molecular weight excluding hydrogens is 244 g/mol. The Morgan fingerprint density at radius 3 is 2.83 bits per heavy atom. The fraction of sp³-hybridized carbons (Fsp3) is 0.714. The molecule has 0 bridgehead atoms. The molecule has 3 unspecified atom stereocenters. The zero-order chi connectivity index (χ0) is 13.3. The number of thioether (sulfide) groups is 1. The summed E-state index contributed by atoms with van der Waals surface area (Å²) in [6.07, 6.45) is 4.08. The van der Waals surface area contributed by atoms with Gasteiger partial charge in [-0.15, -0.1) is 0 Å². The van der Waals surface area contributed by atoms with Crippen LogP contribution in [0.25, 0.3) is 0 Å². The average Bonchev–Trinajstić information content (AvgIpc) is 2.53. The standard InChI is InChI=1S/C14H22N2OS/c1-5-14(4)12(17)16-13(18-14)15-11-7-9(2)6-10(3)8-11/h10-11H,2,5-8H2,1,3-4H3,(H,15,16,17). The summed E-state index contributed by atoms with van der Waals surface area (Å²) in [5.41, 5.74) is 1.31. The van der Waals surface area contributed by atoms with Gasteiger partial charge in [0.25, 0.3) is 5.91 Å². The van der Waals surface area contributed by atoms with E-state index in [1.54, 1.807) is 11.8 Å². The molecule has 3 atom stereocenters. The molecule has 0 spiro atoms. The van der Waals surface area contributed by atoms with Crippen LogP contribution in [0.5, 0.6) is 0 Å². The minimum absolute atomic E-state index is 0.000171. The lowest BCUT2D eigenvalue weighted by Crippen LogP contribution is -2.37. The first-order valence-electron chi connectivity index (χ1n) is 6.68. The third kappa shape index (κ3) is 2.79. The Bertz CT molecular complexity index is 405. The van der Waals surface area contributed by atoms with Crippen LogP contribution in [0.2, 0.25) is 0 Å². The van der Waals surface area contributed by atoms with Gasteiger partial charge < -0.3 is 5.32 Å². The maximum atomic E-state index is 11.8. The number of nitrogens with one attached hydrogen (secondary N) is 1. The second-order valence-electron chi connectivity index (χ2n) is 5.75. The van der Waals surface area contributed by atoms with Crippen molar-refractivity contribution in [1.29, 1.82) is 0 Å². The Balaban J connectivity index is 1.97. The molecular formula is C14H22N2OS. The van der Waals surface area contributed by atoms with Crippen molar-refractivity contribution in [1.82, 2.24) is 5.32 Å². The number of rotatable bonds is 2. The van der Waals surface area contributed by atoms with Crippen molar-refractivity contribution in [2.24, 2.45) is 10.9 Å². The summed E-state index contributed by atoms with van der Waals surface area (Å²) in [5, 5.41) is 4.23. The molecule has 0 radical (unpaired) electrons. The highest BCUT2D eigenvalue weighted by Crippen LogP contribution is 2.36. The zero-order valence-corrected chi connectivity index (χ0v) is 12.3. The maximum absolute atomic E-state index is 11.8. The minimum atomic E-state index is -0.361. The van der Waals surface area contributed by atoms with E-state index in [1.165, 1.54) is 5.57 Å². The molecule has 2 rings (SSSR count). The van der Waals surface area contributed by atoms with Crippen LogP contribution in [0.15, 0.2) is 17.1 Å². The molecule has 18 heavy (non-hydrogen) atoms. The van der Waals surface area contributed by atoms with E-state index in [0.29, 0.717) is 12.0 Å². The zero-order valence-electron chi connectivity index (χ0n) is 11.5. The number of amides is 1. The van der Waals surface area contributed by atoms with Crippen LogP contribution in [-0.4, -0.2) is 21.9 Å². The van der Waals surface area contributed by atoms with E-state index in [2.05, 4.69) is 23.8 Å². The lowest BCUT2D eigenvalue weighted by atomic mass is 9.84. The van der Waals surface area contributed by atoms with Crippen LogP contribution in [0.1, 0.15) is 46.5 Å². The average molecular weight is 266 g/mol. The van der Waals surface area contributed by atoms with Gasteiger partial charge in [0.15, 0.2) is 5.17 Å². The van der Waals surface area contributed by atoms with Gasteiger partial charge in [-0.3, -0.25) is 4.79 Å². The van der Waals surface area contributed by atoms with E-state index >= 15 is 0 Å². The first-order chi connectivity index (χ1) is 8.43. The molecule has 0 saturated heterocycles. The van der Waals surface area contributed by atoms with E-state index in [0.717, 1.165) is 30.9 Å². The summed E-state index contributed by atoms with van der Waals surface area (Å²) in [5.74, 6) is 0.671. The summed E-state index contributed by atoms with van der Waals surface area (Å²) in [6, 6.07) is 0.388. The monoisotopic (exact) mass is 266 g/mol. The fourth-order valence-electron chi connectivity index (χ4n) is 2.64. The number of amidine groups is 1. The Kier molecular flexibility index (Phi) is 3.85. The lowest BCUT2D eigenvalue weighted by Gasteiger charge is -2.30. The second-order valence-corrected chi connectivity index (χ2v) is 7.24. The van der Waals surface area contributed by atoms with Crippen LogP contribution in [0.4, 0.5) is 0 Å².